The van der Waals surface area contributed by atoms with E-state index in [0.29, 0.717) is 12.8 Å². The van der Waals surface area contributed by atoms with Gasteiger partial charge in [-0.2, -0.15) is 0 Å². The van der Waals surface area contributed by atoms with Crippen LogP contribution in [0.1, 0.15) is 245 Å². The number of rotatable bonds is 53. The summed E-state index contributed by atoms with van der Waals surface area (Å²) in [6.45, 7) is 2.04. The molecule has 0 aliphatic carbocycles. The number of ether oxygens (including phenoxy) is 6. The minimum Gasteiger partial charge on any atom is -0.477 e. The Morgan fingerprint density at radius 2 is 1.09 bits per heavy atom. The third-order valence-corrected chi connectivity index (χ3v) is 17.8. The fraction of sp³-hybridized carbons (Fsp3) is 0.870. The number of carboxylic acids is 1. The van der Waals surface area contributed by atoms with Crippen LogP contribution >= 0.6 is 0 Å². The number of nitrogens with one attached hydrogen (secondary N) is 2. The lowest BCUT2D eigenvalue weighted by Crippen LogP contribution is -2.70. The first-order valence-electron chi connectivity index (χ1n) is 35.4. The minimum absolute atomic E-state index is 0.200. The molecule has 0 radical (unpaired) electrons. The number of hydrogen-bond acceptors (Lipinski definition) is 20. The fourth-order valence-corrected chi connectivity index (χ4v) is 12.2. The molecule has 0 aromatic rings. The average molecular weight is 1320 g/mol. The van der Waals surface area contributed by atoms with Gasteiger partial charge in [-0.15, -0.1) is 0 Å². The van der Waals surface area contributed by atoms with Crippen molar-refractivity contribution in [2.75, 3.05) is 26.4 Å². The first kappa shape index (κ1) is 83.2. The number of unbranched alkanes of at least 4 members (excludes halogenated alkanes) is 29. The van der Waals surface area contributed by atoms with Gasteiger partial charge in [0.25, 0.3) is 5.79 Å². The molecular weight excluding hydrogens is 1190 g/mol. The molecule has 0 bridgehead atoms. The molecule has 0 aromatic heterocycles. The summed E-state index contributed by atoms with van der Waals surface area (Å²) in [6, 6.07) is -2.62. The molecule has 23 heteroatoms. The van der Waals surface area contributed by atoms with Crippen LogP contribution in [-0.2, 0) is 42.8 Å². The summed E-state index contributed by atoms with van der Waals surface area (Å²) < 4.78 is 34.8. The molecule has 3 aliphatic rings. The van der Waals surface area contributed by atoms with E-state index in [2.05, 4.69) is 48.8 Å². The molecule has 2 amide bonds. The van der Waals surface area contributed by atoms with Crippen LogP contribution < -0.4 is 10.6 Å². The quantitative estimate of drug-likeness (QED) is 0.0225. The minimum atomic E-state index is -3.08. The van der Waals surface area contributed by atoms with Crippen LogP contribution in [0.5, 0.6) is 0 Å². The molecule has 3 rings (SSSR count). The molecule has 3 aliphatic heterocycles. The zero-order chi connectivity index (χ0) is 67.5. The molecule has 536 valence electrons. The number of allylic oxidation sites excluding steroid dienone is 5. The van der Waals surface area contributed by atoms with Crippen molar-refractivity contribution >= 4 is 17.8 Å². The molecule has 0 aromatic carbocycles. The van der Waals surface area contributed by atoms with Gasteiger partial charge in [-0.05, 0) is 44.9 Å². The standard InChI is InChI=1S/C69H124N2O21/c1-4-6-8-10-12-14-16-18-20-22-23-24-25-27-29-31-33-35-37-39-41-43-56(79)71-50(51(76)42-40-38-36-34-32-30-28-26-21-19-17-15-13-11-9-7-5-2)48-87-66-61(83)60(82)63(55(47-74)89-66)90-67-62(84)65(59(81)54(46-73)88-67)92-69(68(85)86)44-52(77)57(70-49(3)75)64(91-69)58(80)53(78)45-72/h6,8,12,14,40,42,50-55,57-67,72-74,76-78,80-84H,4-5,7,9-11,13,15-39,41,43-48H2,1-3H3,(H,70,75)(H,71,79)(H,85,86)/b8-6-,14-12-,42-40+. The summed E-state index contributed by atoms with van der Waals surface area (Å²) in [4.78, 5) is 38.6. The lowest BCUT2D eigenvalue weighted by atomic mass is 9.88. The highest BCUT2D eigenvalue weighted by Gasteiger charge is 2.60. The average Bonchev–Trinajstić information content (AvgIpc) is 0.767. The van der Waals surface area contributed by atoms with Crippen molar-refractivity contribution in [3.05, 3.63) is 36.5 Å². The van der Waals surface area contributed by atoms with Gasteiger partial charge >= 0.3 is 5.97 Å². The fourth-order valence-electron chi connectivity index (χ4n) is 12.2. The van der Waals surface area contributed by atoms with E-state index in [-0.39, 0.29) is 12.3 Å². The summed E-state index contributed by atoms with van der Waals surface area (Å²) in [5.41, 5.74) is 0. The zero-order valence-corrected chi connectivity index (χ0v) is 55.9. The van der Waals surface area contributed by atoms with Crippen molar-refractivity contribution in [2.24, 2.45) is 0 Å². The van der Waals surface area contributed by atoms with Crippen molar-refractivity contribution in [3.63, 3.8) is 0 Å². The highest BCUT2D eigenvalue weighted by Crippen LogP contribution is 2.39. The molecule has 92 heavy (non-hydrogen) atoms. The van der Waals surface area contributed by atoms with Crippen molar-refractivity contribution < 1.29 is 104 Å². The Bertz CT molecular complexity index is 2000. The highest BCUT2D eigenvalue weighted by molar-refractivity contribution is 5.77. The number of aliphatic hydroxyl groups excluding tert-OH is 11. The summed E-state index contributed by atoms with van der Waals surface area (Å²) in [6.07, 6.45) is 21.8. The van der Waals surface area contributed by atoms with E-state index in [0.717, 1.165) is 64.7 Å². The molecule has 23 nitrogen and oxygen atoms in total. The maximum absolute atomic E-state index is 13.5. The summed E-state index contributed by atoms with van der Waals surface area (Å²) >= 11 is 0. The van der Waals surface area contributed by atoms with E-state index >= 15 is 0 Å². The predicted molar refractivity (Wildman–Crippen MR) is 347 cm³/mol. The Morgan fingerprint density at radius 3 is 1.59 bits per heavy atom. The second-order valence-corrected chi connectivity index (χ2v) is 25.7. The monoisotopic (exact) mass is 1320 g/mol. The van der Waals surface area contributed by atoms with Crippen molar-refractivity contribution in [2.45, 2.75) is 355 Å². The van der Waals surface area contributed by atoms with E-state index in [9.17, 15) is 75.7 Å². The molecule has 18 atom stereocenters. The summed E-state index contributed by atoms with van der Waals surface area (Å²) in [5.74, 6) is -6.14. The number of aliphatic hydroxyl groups is 11. The Balaban J connectivity index is 1.59. The van der Waals surface area contributed by atoms with Crippen molar-refractivity contribution in [3.8, 4) is 0 Å². The molecular formula is C69H124N2O21. The van der Waals surface area contributed by atoms with Gasteiger partial charge in [0.05, 0.1) is 50.7 Å². The smallest absolute Gasteiger partial charge is 0.364 e. The molecule has 0 saturated carbocycles. The molecule has 14 N–H and O–H groups in total. The van der Waals surface area contributed by atoms with Gasteiger partial charge in [0.2, 0.25) is 11.8 Å². The van der Waals surface area contributed by atoms with Crippen molar-refractivity contribution in [1.82, 2.24) is 10.6 Å². The number of carboxylic acid groups (broad SMARTS) is 1. The number of hydrogen-bond donors (Lipinski definition) is 14. The topological polar surface area (TPSA) is 373 Å². The van der Waals surface area contributed by atoms with Gasteiger partial charge in [-0.25, -0.2) is 4.79 Å². The van der Waals surface area contributed by atoms with Crippen LogP contribution in [0.25, 0.3) is 0 Å². The Labute approximate surface area is 548 Å². The Hall–Kier alpha value is -3.05. The highest BCUT2D eigenvalue weighted by atomic mass is 16.8. The Morgan fingerprint density at radius 1 is 0.587 bits per heavy atom. The molecule has 3 saturated heterocycles. The zero-order valence-electron chi connectivity index (χ0n) is 55.9. The molecule has 3 fully saturated rings. The van der Waals surface area contributed by atoms with Crippen molar-refractivity contribution in [1.29, 1.82) is 0 Å². The van der Waals surface area contributed by atoms with Crippen LogP contribution in [0, 0.1) is 0 Å². The first-order valence-corrected chi connectivity index (χ1v) is 35.4. The van der Waals surface area contributed by atoms with Gasteiger partial charge in [-0.1, -0.05) is 217 Å². The van der Waals surface area contributed by atoms with E-state index in [1.54, 1.807) is 6.08 Å². The van der Waals surface area contributed by atoms with Gasteiger partial charge in [0.15, 0.2) is 12.6 Å². The summed E-state index contributed by atoms with van der Waals surface area (Å²) in [5, 5.41) is 136. The first-order chi connectivity index (χ1) is 44.4. The number of aliphatic carboxylic acids is 1. The lowest BCUT2D eigenvalue weighted by Gasteiger charge is -2.50. The SMILES string of the molecule is CC/C=C\C/C=C\CCCCCCCCCCCCCCCCC(=O)NC(COC1OC(CO)C(OC2OC(CO)C(O)C(OC3(C(=O)O)CC(O)C(NC(C)=O)C(C(O)C(O)CO)O3)C2O)C(O)C1O)C(O)/C=C/CCCCCCCCCCCCCCCCC. The van der Waals surface area contributed by atoms with E-state index in [1.807, 2.05) is 6.08 Å². The molecule has 3 heterocycles. The Kier molecular flexibility index (Phi) is 44.7. The van der Waals surface area contributed by atoms with Gasteiger partial charge in [0.1, 0.15) is 67.1 Å². The van der Waals surface area contributed by atoms with Crippen LogP contribution in [-0.4, -0.2) is 215 Å². The van der Waals surface area contributed by atoms with Crippen LogP contribution in [0.4, 0.5) is 0 Å². The number of carbonyl (C=O) groups excluding carboxylic acids is 2. The predicted octanol–water partition coefficient (Wildman–Crippen LogP) is 6.62. The molecule has 0 spiro atoms. The third-order valence-electron chi connectivity index (χ3n) is 17.8. The maximum Gasteiger partial charge on any atom is 0.364 e. The van der Waals surface area contributed by atoms with Gasteiger partial charge < -0.3 is 100 Å². The van der Waals surface area contributed by atoms with E-state index in [4.69, 9.17) is 28.4 Å². The van der Waals surface area contributed by atoms with Crippen LogP contribution in [0.15, 0.2) is 36.5 Å². The maximum atomic E-state index is 13.5. The second kappa shape index (κ2) is 49.5. The van der Waals surface area contributed by atoms with Gasteiger partial charge in [0, 0.05) is 19.8 Å². The van der Waals surface area contributed by atoms with Crippen LogP contribution in [0.2, 0.25) is 0 Å². The third kappa shape index (κ3) is 31.4. The lowest BCUT2D eigenvalue weighted by molar-refractivity contribution is -0.386. The van der Waals surface area contributed by atoms with E-state index in [1.165, 1.54) is 141 Å². The number of carbonyl (C=O) groups is 3. The van der Waals surface area contributed by atoms with Gasteiger partial charge in [-0.3, -0.25) is 9.59 Å². The number of amides is 2. The normalized spacial score (nSPS) is 28.4. The second-order valence-electron chi connectivity index (χ2n) is 25.7. The van der Waals surface area contributed by atoms with E-state index < -0.39 is 155 Å². The van der Waals surface area contributed by atoms with Crippen LogP contribution in [0.3, 0.4) is 0 Å². The summed E-state index contributed by atoms with van der Waals surface area (Å²) in [7, 11) is 0. The molecule has 18 unspecified atom stereocenters. The largest absolute Gasteiger partial charge is 0.477 e.